The molecule has 79 heavy (non-hydrogen) atoms. The van der Waals surface area contributed by atoms with Gasteiger partial charge in [-0.05, 0) is 188 Å². The summed E-state index contributed by atoms with van der Waals surface area (Å²) in [6.07, 6.45) is 7.14. The highest BCUT2D eigenvalue weighted by Gasteiger charge is 2.46. The second-order valence-corrected chi connectivity index (χ2v) is 22.9. The second-order valence-electron chi connectivity index (χ2n) is 22.5. The molecular formula is C61H80ClF3N6O8. The predicted octanol–water partition coefficient (Wildman–Crippen LogP) is 10.3. The summed E-state index contributed by atoms with van der Waals surface area (Å²) < 4.78 is 49.4. The van der Waals surface area contributed by atoms with Crippen LogP contribution in [-0.2, 0) is 25.5 Å². The Labute approximate surface area is 468 Å². The Bertz CT molecular complexity index is 2750. The van der Waals surface area contributed by atoms with Crippen molar-refractivity contribution in [1.82, 2.24) is 25.3 Å². The van der Waals surface area contributed by atoms with Crippen LogP contribution in [0, 0.1) is 55.0 Å². The molecule has 14 nitrogen and oxygen atoms in total. The summed E-state index contributed by atoms with van der Waals surface area (Å²) in [6, 6.07) is 19.6. The lowest BCUT2D eigenvalue weighted by Crippen LogP contribution is -2.50. The Morgan fingerprint density at radius 1 is 0.709 bits per heavy atom. The predicted molar refractivity (Wildman–Crippen MR) is 300 cm³/mol. The van der Waals surface area contributed by atoms with Crippen molar-refractivity contribution in [1.29, 1.82) is 0 Å². The van der Waals surface area contributed by atoms with Gasteiger partial charge in [0.15, 0.2) is 0 Å². The number of rotatable bonds is 18. The van der Waals surface area contributed by atoms with Crippen LogP contribution < -0.4 is 16.4 Å². The highest BCUT2D eigenvalue weighted by atomic mass is 35.5. The van der Waals surface area contributed by atoms with Crippen molar-refractivity contribution < 1.29 is 52.4 Å². The van der Waals surface area contributed by atoms with Crippen LogP contribution in [0.5, 0.6) is 0 Å². The molecule has 2 aliphatic carbocycles. The van der Waals surface area contributed by atoms with Crippen LogP contribution in [0.15, 0.2) is 72.8 Å². The van der Waals surface area contributed by atoms with Crippen molar-refractivity contribution >= 4 is 35.6 Å². The third-order valence-electron chi connectivity index (χ3n) is 17.1. The van der Waals surface area contributed by atoms with Gasteiger partial charge in [0.1, 0.15) is 17.5 Å². The second kappa shape index (κ2) is 27.2. The quantitative estimate of drug-likeness (QED) is 0.0522. The normalized spacial score (nSPS) is 22.8. The summed E-state index contributed by atoms with van der Waals surface area (Å²) >= 11 is 6.72. The standard InChI is InChI=1S/C31H41F2N3O4.C30H39ClFN3O4/c1-20-15-22(17-24(32)16-20)28-26(8-4-9-27(28)33)31(40,12-6-13-35(3)30(38)39)23-7-5-14-36(19-23)29(37)21-10-11-25(18-21)34-2;1-19-14-21(16-23(32)15-19)27-25(7-3-8-26(27)31)30(38,11-5-13-39-29(33)37)22-6-4-12-35(18-22)28(36)20-9-10-24(17-20)34-2/h4,8-9,15-17,21,23,25,34,40H,5-7,10-14,18-19H2,1-3H3,(H,38,39);3,7-8,14-16,20,22,24,34,38H,4-6,9-13,17-18H2,1-2H3,(H2,33,37). The lowest BCUT2D eigenvalue weighted by molar-refractivity contribution is -0.141. The van der Waals surface area contributed by atoms with Gasteiger partial charge in [-0.2, -0.15) is 0 Å². The minimum atomic E-state index is -1.57. The number of hydrogen-bond donors (Lipinski definition) is 6. The van der Waals surface area contributed by atoms with Gasteiger partial charge in [-0.1, -0.05) is 48.0 Å². The van der Waals surface area contributed by atoms with Crippen molar-refractivity contribution in [2.75, 3.05) is 60.5 Å². The lowest BCUT2D eigenvalue weighted by atomic mass is 9.72. The van der Waals surface area contributed by atoms with Gasteiger partial charge in [0.25, 0.3) is 0 Å². The summed E-state index contributed by atoms with van der Waals surface area (Å²) in [5, 5.41) is 41.4. The van der Waals surface area contributed by atoms with E-state index in [1.165, 1.54) is 43.4 Å². The number of likely N-dealkylation sites (tertiary alicyclic amines) is 2. The Morgan fingerprint density at radius 2 is 1.19 bits per heavy atom. The van der Waals surface area contributed by atoms with Crippen molar-refractivity contribution in [3.05, 3.63) is 118 Å². The molecule has 430 valence electrons. The highest BCUT2D eigenvalue weighted by molar-refractivity contribution is 6.33. The number of amides is 4. The topological polar surface area (TPSA) is 198 Å². The van der Waals surface area contributed by atoms with Crippen LogP contribution in [0.3, 0.4) is 0 Å². The fraction of sp³-hybridized carbons (Fsp3) is 0.541. The molecule has 8 rings (SSSR count). The summed E-state index contributed by atoms with van der Waals surface area (Å²) in [5.41, 5.74) is 6.06. The fourth-order valence-corrected chi connectivity index (χ4v) is 13.3. The number of aliphatic hydroxyl groups is 2. The largest absolute Gasteiger partial charge is 0.465 e. The number of ether oxygens (including phenoxy) is 1. The maximum Gasteiger partial charge on any atom is 0.407 e. The molecule has 2 aliphatic heterocycles. The smallest absolute Gasteiger partial charge is 0.407 e. The van der Waals surface area contributed by atoms with E-state index in [9.17, 15) is 43.3 Å². The zero-order valence-corrected chi connectivity index (χ0v) is 47.1. The third-order valence-corrected chi connectivity index (χ3v) is 17.5. The van der Waals surface area contributed by atoms with Crippen molar-refractivity contribution in [2.24, 2.45) is 29.4 Å². The van der Waals surface area contributed by atoms with E-state index in [2.05, 4.69) is 10.6 Å². The minimum Gasteiger partial charge on any atom is -0.465 e. The molecule has 0 spiro atoms. The number of carbonyl (C=O) groups excluding carboxylic acids is 3. The van der Waals surface area contributed by atoms with Gasteiger partial charge in [0, 0.05) is 91.7 Å². The van der Waals surface area contributed by atoms with Crippen molar-refractivity contribution in [3.8, 4) is 22.3 Å². The number of hydrogen-bond acceptors (Lipinski definition) is 9. The molecule has 4 aromatic carbocycles. The van der Waals surface area contributed by atoms with E-state index in [4.69, 9.17) is 22.1 Å². The Balaban J connectivity index is 0.000000229. The molecule has 4 fully saturated rings. The van der Waals surface area contributed by atoms with Gasteiger partial charge in [-0.15, -0.1) is 0 Å². The molecule has 2 saturated carbocycles. The average molecular weight is 1120 g/mol. The van der Waals surface area contributed by atoms with Crippen LogP contribution >= 0.6 is 11.6 Å². The van der Waals surface area contributed by atoms with Gasteiger partial charge in [-0.3, -0.25) is 9.59 Å². The van der Waals surface area contributed by atoms with Crippen molar-refractivity contribution in [2.45, 2.75) is 127 Å². The molecule has 4 amide bonds. The maximum absolute atomic E-state index is 15.5. The summed E-state index contributed by atoms with van der Waals surface area (Å²) in [5.74, 6) is -2.00. The molecule has 2 saturated heterocycles. The zero-order valence-electron chi connectivity index (χ0n) is 46.3. The number of primary amides is 1. The Kier molecular flexibility index (Phi) is 20.9. The number of nitrogens with zero attached hydrogens (tertiary/aromatic N) is 3. The molecule has 8 atom stereocenters. The van der Waals surface area contributed by atoms with E-state index in [1.54, 1.807) is 31.2 Å². The summed E-state index contributed by atoms with van der Waals surface area (Å²) in [6.45, 7) is 5.76. The lowest BCUT2D eigenvalue weighted by Gasteiger charge is -2.44. The van der Waals surface area contributed by atoms with Crippen LogP contribution in [0.2, 0.25) is 5.02 Å². The fourth-order valence-electron chi connectivity index (χ4n) is 13.0. The molecule has 2 heterocycles. The Morgan fingerprint density at radius 3 is 1.66 bits per heavy atom. The highest BCUT2D eigenvalue weighted by Crippen LogP contribution is 2.48. The first kappa shape index (κ1) is 60.9. The van der Waals surface area contributed by atoms with Gasteiger partial charge in [0.2, 0.25) is 11.8 Å². The molecule has 0 aromatic heterocycles. The first-order valence-corrected chi connectivity index (χ1v) is 28.4. The molecule has 0 radical (unpaired) electrons. The van der Waals surface area contributed by atoms with Crippen LogP contribution in [0.25, 0.3) is 22.3 Å². The van der Waals surface area contributed by atoms with E-state index in [1.807, 2.05) is 43.0 Å². The molecule has 4 aromatic rings. The van der Waals surface area contributed by atoms with E-state index in [0.717, 1.165) is 55.4 Å². The minimum absolute atomic E-state index is 0.0183. The summed E-state index contributed by atoms with van der Waals surface area (Å²) in [7, 11) is 5.30. The van der Waals surface area contributed by atoms with Crippen LogP contribution in [-0.4, -0.2) is 127 Å². The number of benzene rings is 4. The number of aryl methyl sites for hydroxylation is 2. The van der Waals surface area contributed by atoms with Crippen LogP contribution in [0.4, 0.5) is 22.8 Å². The number of nitrogens with one attached hydrogen (secondary N) is 2. The third kappa shape index (κ3) is 14.8. The molecule has 18 heteroatoms. The SMILES string of the molecule is CNC1CCC(C(=O)N2CCCC(C(O)(CCCN(C)C(=O)O)c3cccc(F)c3-c3cc(C)cc(F)c3)C2)C1.CNC1CCC(C(=O)N2CCCC(C(O)(CCCOC(N)=O)c3cccc(Cl)c3-c3cc(C)cc(F)c3)C2)C1. The van der Waals surface area contributed by atoms with Gasteiger partial charge in [-0.25, -0.2) is 22.8 Å². The summed E-state index contributed by atoms with van der Waals surface area (Å²) in [4.78, 5) is 54.5. The van der Waals surface area contributed by atoms with E-state index in [-0.39, 0.29) is 66.9 Å². The van der Waals surface area contributed by atoms with Gasteiger partial charge < -0.3 is 51.1 Å². The van der Waals surface area contributed by atoms with Crippen molar-refractivity contribution in [3.63, 3.8) is 0 Å². The number of carboxylic acid groups (broad SMARTS) is 1. The Hall–Kier alpha value is -5.72. The maximum atomic E-state index is 15.5. The molecule has 4 aliphatic rings. The molecule has 0 bridgehead atoms. The first-order chi connectivity index (χ1) is 37.6. The first-order valence-electron chi connectivity index (χ1n) is 28.0. The van der Waals surface area contributed by atoms with Gasteiger partial charge in [0.05, 0.1) is 17.8 Å². The van der Waals surface area contributed by atoms with E-state index >= 15 is 4.39 Å². The zero-order chi connectivity index (χ0) is 57.2. The van der Waals surface area contributed by atoms with Gasteiger partial charge >= 0.3 is 12.2 Å². The van der Waals surface area contributed by atoms with Crippen LogP contribution in [0.1, 0.15) is 112 Å². The molecule has 7 N–H and O–H groups in total. The molecule has 8 unspecified atom stereocenters. The number of piperidine rings is 2. The van der Waals surface area contributed by atoms with E-state index in [0.29, 0.717) is 109 Å². The van der Waals surface area contributed by atoms with E-state index < -0.39 is 40.9 Å². The monoisotopic (exact) mass is 1120 g/mol. The number of carbonyl (C=O) groups is 4. The number of halogens is 4. The number of nitrogens with two attached hydrogens (primary N) is 1. The molecular weight excluding hydrogens is 1040 g/mol. The average Bonchev–Trinajstić information content (AvgIpc) is 4.24.